The summed E-state index contributed by atoms with van der Waals surface area (Å²) in [6.07, 6.45) is -0.791. The van der Waals surface area contributed by atoms with Gasteiger partial charge in [0.05, 0.1) is 12.7 Å². The quantitative estimate of drug-likeness (QED) is 0.510. The van der Waals surface area contributed by atoms with E-state index in [2.05, 4.69) is 5.32 Å². The number of benzene rings is 1. The van der Waals surface area contributed by atoms with Crippen molar-refractivity contribution in [1.29, 1.82) is 0 Å². The molecule has 0 aromatic heterocycles. The Morgan fingerprint density at radius 1 is 1.44 bits per heavy atom. The number of nitrogens with two attached hydrogens (primary N) is 1. The number of aliphatic hydroxyl groups is 2. The first kappa shape index (κ1) is 12.6. The minimum atomic E-state index is -0.791. The maximum atomic E-state index is 11.1. The molecule has 88 valence electrons. The van der Waals surface area contributed by atoms with Gasteiger partial charge in [-0.25, -0.2) is 0 Å². The van der Waals surface area contributed by atoms with Gasteiger partial charge in [-0.1, -0.05) is 18.2 Å². The molecular weight excluding hydrogens is 208 g/mol. The molecule has 0 spiro atoms. The van der Waals surface area contributed by atoms with Gasteiger partial charge in [-0.3, -0.25) is 4.79 Å². The highest BCUT2D eigenvalue weighted by molar-refractivity contribution is 5.94. The largest absolute Gasteiger partial charge is 0.394 e. The van der Waals surface area contributed by atoms with Gasteiger partial charge in [0.15, 0.2) is 0 Å². The molecular formula is C11H16N2O3. The Labute approximate surface area is 93.9 Å². The second kappa shape index (κ2) is 6.22. The molecule has 0 bridgehead atoms. The van der Waals surface area contributed by atoms with Crippen LogP contribution in [0.3, 0.4) is 0 Å². The number of rotatable bonds is 6. The summed E-state index contributed by atoms with van der Waals surface area (Å²) in [6, 6.07) is 7.00. The highest BCUT2D eigenvalue weighted by Gasteiger charge is 2.07. The zero-order chi connectivity index (χ0) is 12.0. The Bertz CT molecular complexity index is 355. The van der Waals surface area contributed by atoms with Crippen LogP contribution in [0.5, 0.6) is 0 Å². The SMILES string of the molecule is NC(=O)c1ccccc1CNCC(O)CO. The van der Waals surface area contributed by atoms with E-state index in [0.717, 1.165) is 5.56 Å². The molecule has 0 fully saturated rings. The molecule has 0 heterocycles. The first-order valence-corrected chi connectivity index (χ1v) is 5.02. The summed E-state index contributed by atoms with van der Waals surface area (Å²) in [6.45, 7) is 0.407. The monoisotopic (exact) mass is 224 g/mol. The number of amides is 1. The molecule has 0 aliphatic carbocycles. The van der Waals surface area contributed by atoms with E-state index < -0.39 is 12.0 Å². The number of primary amides is 1. The van der Waals surface area contributed by atoms with Gasteiger partial charge in [0.1, 0.15) is 0 Å². The third kappa shape index (κ3) is 3.62. The number of carbonyl (C=O) groups is 1. The van der Waals surface area contributed by atoms with Gasteiger partial charge in [-0.05, 0) is 11.6 Å². The number of hydrogen-bond acceptors (Lipinski definition) is 4. The molecule has 1 aromatic rings. The van der Waals surface area contributed by atoms with E-state index >= 15 is 0 Å². The van der Waals surface area contributed by atoms with E-state index in [1.807, 2.05) is 6.07 Å². The standard InChI is InChI=1S/C11H16N2O3/c12-11(16)10-4-2-1-3-8(10)5-13-6-9(15)7-14/h1-4,9,13-15H,5-7H2,(H2,12,16). The molecule has 5 N–H and O–H groups in total. The van der Waals surface area contributed by atoms with Gasteiger partial charge in [0.25, 0.3) is 0 Å². The number of aliphatic hydroxyl groups excluding tert-OH is 2. The lowest BCUT2D eigenvalue weighted by atomic mass is 10.1. The average molecular weight is 224 g/mol. The van der Waals surface area contributed by atoms with Crippen LogP contribution < -0.4 is 11.1 Å². The van der Waals surface area contributed by atoms with E-state index in [1.54, 1.807) is 18.2 Å². The Morgan fingerprint density at radius 2 is 2.12 bits per heavy atom. The highest BCUT2D eigenvalue weighted by Crippen LogP contribution is 2.07. The molecule has 0 aliphatic heterocycles. The third-order valence-electron chi connectivity index (χ3n) is 2.19. The molecule has 5 heteroatoms. The number of carbonyl (C=O) groups excluding carboxylic acids is 1. The average Bonchev–Trinajstić information content (AvgIpc) is 2.29. The summed E-state index contributed by atoms with van der Waals surface area (Å²) in [7, 11) is 0. The van der Waals surface area contributed by atoms with E-state index in [0.29, 0.717) is 12.1 Å². The van der Waals surface area contributed by atoms with Crippen LogP contribution >= 0.6 is 0 Å². The van der Waals surface area contributed by atoms with Crippen molar-refractivity contribution in [3.05, 3.63) is 35.4 Å². The lowest BCUT2D eigenvalue weighted by Crippen LogP contribution is -2.29. The lowest BCUT2D eigenvalue weighted by Gasteiger charge is -2.10. The zero-order valence-corrected chi connectivity index (χ0v) is 8.89. The van der Waals surface area contributed by atoms with Crippen molar-refractivity contribution in [2.45, 2.75) is 12.6 Å². The number of nitrogens with one attached hydrogen (secondary N) is 1. The fraction of sp³-hybridized carbons (Fsp3) is 0.364. The lowest BCUT2D eigenvalue weighted by molar-refractivity contribution is 0.0941. The summed E-state index contributed by atoms with van der Waals surface area (Å²) in [5.41, 5.74) is 6.46. The van der Waals surface area contributed by atoms with Crippen LogP contribution in [0.25, 0.3) is 0 Å². The Balaban J connectivity index is 2.56. The van der Waals surface area contributed by atoms with Crippen LogP contribution in [0.2, 0.25) is 0 Å². The van der Waals surface area contributed by atoms with Crippen molar-refractivity contribution in [1.82, 2.24) is 5.32 Å². The molecule has 0 aliphatic rings. The van der Waals surface area contributed by atoms with Crippen molar-refractivity contribution in [2.75, 3.05) is 13.2 Å². The molecule has 1 atom stereocenters. The van der Waals surface area contributed by atoms with Crippen LogP contribution in [0.1, 0.15) is 15.9 Å². The van der Waals surface area contributed by atoms with Crippen molar-refractivity contribution in [3.63, 3.8) is 0 Å². The van der Waals surface area contributed by atoms with Crippen molar-refractivity contribution >= 4 is 5.91 Å². The van der Waals surface area contributed by atoms with Gasteiger partial charge in [-0.15, -0.1) is 0 Å². The van der Waals surface area contributed by atoms with Gasteiger partial charge < -0.3 is 21.3 Å². The van der Waals surface area contributed by atoms with E-state index in [1.165, 1.54) is 0 Å². The van der Waals surface area contributed by atoms with Gasteiger partial charge in [-0.2, -0.15) is 0 Å². The highest BCUT2D eigenvalue weighted by atomic mass is 16.3. The topological polar surface area (TPSA) is 95.6 Å². The second-order valence-corrected chi connectivity index (χ2v) is 3.49. The van der Waals surface area contributed by atoms with Gasteiger partial charge in [0.2, 0.25) is 5.91 Å². The predicted molar refractivity (Wildman–Crippen MR) is 59.8 cm³/mol. The summed E-state index contributed by atoms with van der Waals surface area (Å²) in [5.74, 6) is -0.472. The van der Waals surface area contributed by atoms with Crippen molar-refractivity contribution in [2.24, 2.45) is 5.73 Å². The first-order valence-electron chi connectivity index (χ1n) is 5.02. The van der Waals surface area contributed by atoms with Crippen LogP contribution in [0.4, 0.5) is 0 Å². The zero-order valence-electron chi connectivity index (χ0n) is 8.89. The van der Waals surface area contributed by atoms with Gasteiger partial charge >= 0.3 is 0 Å². The number of hydrogen-bond donors (Lipinski definition) is 4. The van der Waals surface area contributed by atoms with Crippen LogP contribution in [0, 0.1) is 0 Å². The fourth-order valence-corrected chi connectivity index (χ4v) is 1.35. The Morgan fingerprint density at radius 3 is 2.75 bits per heavy atom. The summed E-state index contributed by atoms with van der Waals surface area (Å²) >= 11 is 0. The van der Waals surface area contributed by atoms with Crippen LogP contribution in [-0.4, -0.2) is 35.4 Å². The molecule has 0 radical (unpaired) electrons. The van der Waals surface area contributed by atoms with E-state index in [-0.39, 0.29) is 13.2 Å². The van der Waals surface area contributed by atoms with Crippen LogP contribution in [-0.2, 0) is 6.54 Å². The molecule has 0 saturated carbocycles. The third-order valence-corrected chi connectivity index (χ3v) is 2.19. The first-order chi connectivity index (χ1) is 7.65. The molecule has 5 nitrogen and oxygen atoms in total. The van der Waals surface area contributed by atoms with Gasteiger partial charge in [0, 0.05) is 18.7 Å². The summed E-state index contributed by atoms with van der Waals surface area (Å²) in [4.78, 5) is 11.1. The van der Waals surface area contributed by atoms with Crippen molar-refractivity contribution in [3.8, 4) is 0 Å². The minimum absolute atomic E-state index is 0.267. The Hall–Kier alpha value is -1.43. The molecule has 0 saturated heterocycles. The molecule has 16 heavy (non-hydrogen) atoms. The summed E-state index contributed by atoms with van der Waals surface area (Å²) in [5, 5.41) is 20.7. The van der Waals surface area contributed by atoms with E-state index in [4.69, 9.17) is 15.9 Å². The fourth-order valence-electron chi connectivity index (χ4n) is 1.35. The Kier molecular flexibility index (Phi) is 4.91. The molecule has 1 unspecified atom stereocenters. The van der Waals surface area contributed by atoms with Crippen molar-refractivity contribution < 1.29 is 15.0 Å². The normalized spacial score (nSPS) is 12.4. The molecule has 1 rings (SSSR count). The predicted octanol–water partition coefficient (Wildman–Crippen LogP) is -0.772. The van der Waals surface area contributed by atoms with E-state index in [9.17, 15) is 4.79 Å². The maximum Gasteiger partial charge on any atom is 0.249 e. The molecule has 1 amide bonds. The maximum absolute atomic E-state index is 11.1. The smallest absolute Gasteiger partial charge is 0.249 e. The molecule has 1 aromatic carbocycles. The minimum Gasteiger partial charge on any atom is -0.394 e. The second-order valence-electron chi connectivity index (χ2n) is 3.49. The summed E-state index contributed by atoms with van der Waals surface area (Å²) < 4.78 is 0. The van der Waals surface area contributed by atoms with Crippen LogP contribution in [0.15, 0.2) is 24.3 Å².